The summed E-state index contributed by atoms with van der Waals surface area (Å²) in [4.78, 5) is 40.9. The van der Waals surface area contributed by atoms with Gasteiger partial charge in [-0.2, -0.15) is 0 Å². The van der Waals surface area contributed by atoms with Gasteiger partial charge in [0.2, 0.25) is 5.91 Å². The first-order valence-corrected chi connectivity index (χ1v) is 7.25. The van der Waals surface area contributed by atoms with E-state index in [9.17, 15) is 14.4 Å². The van der Waals surface area contributed by atoms with Crippen LogP contribution in [0.5, 0.6) is 0 Å². The molecule has 2 N–H and O–H groups in total. The van der Waals surface area contributed by atoms with Crippen LogP contribution in [0.3, 0.4) is 0 Å². The number of rotatable bonds is 4. The molecule has 118 valence electrons. The Bertz CT molecular complexity index is 580. The van der Waals surface area contributed by atoms with E-state index in [2.05, 4.69) is 4.98 Å². The first-order chi connectivity index (χ1) is 10.5. The first-order valence-electron chi connectivity index (χ1n) is 7.25. The number of hydrogen-bond acceptors (Lipinski definition) is 5. The maximum absolute atomic E-state index is 12.4. The van der Waals surface area contributed by atoms with Crippen LogP contribution in [0.25, 0.3) is 0 Å². The summed E-state index contributed by atoms with van der Waals surface area (Å²) in [7, 11) is 0. The van der Waals surface area contributed by atoms with E-state index in [0.717, 1.165) is 0 Å². The summed E-state index contributed by atoms with van der Waals surface area (Å²) in [5.41, 5.74) is 5.58. The van der Waals surface area contributed by atoms with E-state index in [1.807, 2.05) is 0 Å². The number of primary amides is 1. The third-order valence-corrected chi connectivity index (χ3v) is 3.64. The van der Waals surface area contributed by atoms with Gasteiger partial charge in [-0.05, 0) is 31.9 Å². The van der Waals surface area contributed by atoms with Crippen molar-refractivity contribution in [2.75, 3.05) is 19.7 Å². The molecule has 1 aromatic heterocycles. The molecule has 0 atom stereocenters. The van der Waals surface area contributed by atoms with Crippen LogP contribution >= 0.6 is 0 Å². The quantitative estimate of drug-likeness (QED) is 0.820. The van der Waals surface area contributed by atoms with Gasteiger partial charge in [0.05, 0.1) is 6.61 Å². The predicted octanol–water partition coefficient (Wildman–Crippen LogP) is 0.596. The summed E-state index contributed by atoms with van der Waals surface area (Å²) in [5, 5.41) is 0. The summed E-state index contributed by atoms with van der Waals surface area (Å²) in [5.74, 6) is -1.31. The number of amides is 2. The van der Waals surface area contributed by atoms with E-state index >= 15 is 0 Å². The minimum absolute atomic E-state index is 0.111. The zero-order chi connectivity index (χ0) is 16.1. The van der Waals surface area contributed by atoms with Gasteiger partial charge in [0.1, 0.15) is 11.4 Å². The molecule has 1 fully saturated rings. The maximum atomic E-state index is 12.4. The number of hydrogen-bond donors (Lipinski definition) is 1. The molecule has 2 heterocycles. The molecule has 2 amide bonds. The van der Waals surface area contributed by atoms with E-state index in [0.29, 0.717) is 25.9 Å². The fourth-order valence-electron chi connectivity index (χ4n) is 2.40. The summed E-state index contributed by atoms with van der Waals surface area (Å²) in [6.07, 6.45) is 1.11. The Morgan fingerprint density at radius 2 is 1.91 bits per heavy atom. The van der Waals surface area contributed by atoms with Crippen molar-refractivity contribution in [2.45, 2.75) is 19.8 Å². The Balaban J connectivity index is 2.06. The van der Waals surface area contributed by atoms with Crippen molar-refractivity contribution in [2.24, 2.45) is 11.7 Å². The molecular formula is C15H19N3O4. The number of carbonyl (C=O) groups is 3. The number of pyridine rings is 1. The Morgan fingerprint density at radius 3 is 2.50 bits per heavy atom. The van der Waals surface area contributed by atoms with Crippen LogP contribution in [0.1, 0.15) is 40.7 Å². The van der Waals surface area contributed by atoms with Crippen LogP contribution < -0.4 is 5.73 Å². The Morgan fingerprint density at radius 1 is 1.27 bits per heavy atom. The Hall–Kier alpha value is -2.44. The van der Waals surface area contributed by atoms with Crippen molar-refractivity contribution >= 4 is 17.8 Å². The molecule has 1 aromatic rings. The highest BCUT2D eigenvalue weighted by atomic mass is 16.5. The molecule has 1 aliphatic heterocycles. The van der Waals surface area contributed by atoms with Crippen molar-refractivity contribution < 1.29 is 19.1 Å². The molecule has 1 saturated heterocycles. The topological polar surface area (TPSA) is 103 Å². The van der Waals surface area contributed by atoms with Gasteiger partial charge in [-0.15, -0.1) is 0 Å². The van der Waals surface area contributed by atoms with E-state index in [4.69, 9.17) is 10.5 Å². The maximum Gasteiger partial charge on any atom is 0.356 e. The molecule has 0 spiro atoms. The number of piperidine rings is 1. The van der Waals surface area contributed by atoms with E-state index in [-0.39, 0.29) is 35.7 Å². The number of likely N-dealkylation sites (tertiary alicyclic amines) is 1. The highest BCUT2D eigenvalue weighted by molar-refractivity contribution is 5.94. The first kappa shape index (κ1) is 15.9. The van der Waals surface area contributed by atoms with Gasteiger partial charge in [0.15, 0.2) is 0 Å². The number of nitrogens with two attached hydrogens (primary N) is 1. The Labute approximate surface area is 128 Å². The van der Waals surface area contributed by atoms with Gasteiger partial charge in [0, 0.05) is 19.0 Å². The fourth-order valence-corrected chi connectivity index (χ4v) is 2.40. The molecule has 0 aromatic carbocycles. The largest absolute Gasteiger partial charge is 0.461 e. The highest BCUT2D eigenvalue weighted by Gasteiger charge is 2.27. The average molecular weight is 305 g/mol. The van der Waals surface area contributed by atoms with E-state index in [1.54, 1.807) is 24.0 Å². The number of nitrogens with zero attached hydrogens (tertiary/aromatic N) is 2. The van der Waals surface area contributed by atoms with Gasteiger partial charge in [0.25, 0.3) is 5.91 Å². The molecule has 0 unspecified atom stereocenters. The molecule has 22 heavy (non-hydrogen) atoms. The van der Waals surface area contributed by atoms with Gasteiger partial charge in [-0.3, -0.25) is 9.59 Å². The lowest BCUT2D eigenvalue weighted by molar-refractivity contribution is -0.123. The molecule has 0 radical (unpaired) electrons. The zero-order valence-corrected chi connectivity index (χ0v) is 12.4. The van der Waals surface area contributed by atoms with E-state index < -0.39 is 5.97 Å². The van der Waals surface area contributed by atoms with Gasteiger partial charge in [-0.1, -0.05) is 6.07 Å². The zero-order valence-electron chi connectivity index (χ0n) is 12.4. The third kappa shape index (κ3) is 3.60. The lowest BCUT2D eigenvalue weighted by atomic mass is 9.96. The minimum atomic E-state index is -0.551. The van der Waals surface area contributed by atoms with Crippen molar-refractivity contribution in [3.8, 4) is 0 Å². The lowest BCUT2D eigenvalue weighted by Crippen LogP contribution is -2.42. The van der Waals surface area contributed by atoms with Crippen LogP contribution in [-0.2, 0) is 9.53 Å². The second kappa shape index (κ2) is 7.02. The highest BCUT2D eigenvalue weighted by Crippen LogP contribution is 2.18. The smallest absolute Gasteiger partial charge is 0.356 e. The second-order valence-electron chi connectivity index (χ2n) is 5.10. The van der Waals surface area contributed by atoms with Crippen molar-refractivity contribution in [1.82, 2.24) is 9.88 Å². The van der Waals surface area contributed by atoms with Gasteiger partial charge in [-0.25, -0.2) is 9.78 Å². The summed E-state index contributed by atoms with van der Waals surface area (Å²) < 4.78 is 4.87. The molecular weight excluding hydrogens is 286 g/mol. The minimum Gasteiger partial charge on any atom is -0.461 e. The molecule has 2 rings (SSSR count). The molecule has 7 nitrogen and oxygen atoms in total. The van der Waals surface area contributed by atoms with Crippen molar-refractivity contribution in [3.63, 3.8) is 0 Å². The molecule has 0 saturated carbocycles. The molecule has 1 aliphatic rings. The molecule has 0 bridgehead atoms. The SMILES string of the molecule is CCOC(=O)c1cccc(C(=O)N2CCC(C(N)=O)CC2)n1. The van der Waals surface area contributed by atoms with Crippen LogP contribution in [0.2, 0.25) is 0 Å². The third-order valence-electron chi connectivity index (χ3n) is 3.64. The molecule has 0 aliphatic carbocycles. The predicted molar refractivity (Wildman–Crippen MR) is 78.0 cm³/mol. The summed E-state index contributed by atoms with van der Waals surface area (Å²) >= 11 is 0. The van der Waals surface area contributed by atoms with Gasteiger partial charge >= 0.3 is 5.97 Å². The lowest BCUT2D eigenvalue weighted by Gasteiger charge is -2.30. The number of ether oxygens (including phenoxy) is 1. The molecule has 7 heteroatoms. The van der Waals surface area contributed by atoms with Crippen LogP contribution in [0, 0.1) is 5.92 Å². The number of carbonyl (C=O) groups excluding carboxylic acids is 3. The second-order valence-corrected chi connectivity index (χ2v) is 5.10. The van der Waals surface area contributed by atoms with Crippen molar-refractivity contribution in [1.29, 1.82) is 0 Å². The Kier molecular flexibility index (Phi) is 5.08. The van der Waals surface area contributed by atoms with E-state index in [1.165, 1.54) is 6.07 Å². The normalized spacial score (nSPS) is 15.4. The van der Waals surface area contributed by atoms with Crippen LogP contribution in [-0.4, -0.2) is 47.4 Å². The number of esters is 1. The standard InChI is InChI=1S/C15H19N3O4/c1-2-22-15(21)12-5-3-4-11(17-12)14(20)18-8-6-10(7-9-18)13(16)19/h3-5,10H,2,6-9H2,1H3,(H2,16,19). The van der Waals surface area contributed by atoms with Crippen LogP contribution in [0.15, 0.2) is 18.2 Å². The fraction of sp³-hybridized carbons (Fsp3) is 0.467. The summed E-state index contributed by atoms with van der Waals surface area (Å²) in [6.45, 7) is 2.87. The number of aromatic nitrogens is 1. The van der Waals surface area contributed by atoms with Crippen LogP contribution in [0.4, 0.5) is 0 Å². The monoisotopic (exact) mass is 305 g/mol. The van der Waals surface area contributed by atoms with Crippen molar-refractivity contribution in [3.05, 3.63) is 29.6 Å². The summed E-state index contributed by atoms with van der Waals surface area (Å²) in [6, 6.07) is 4.67. The average Bonchev–Trinajstić information content (AvgIpc) is 2.54. The van der Waals surface area contributed by atoms with Gasteiger partial charge < -0.3 is 15.4 Å².